The van der Waals surface area contributed by atoms with Gasteiger partial charge in [0.05, 0.1) is 0 Å². The molecule has 2 nitrogen and oxygen atoms in total. The normalized spacial score (nSPS) is 19.9. The van der Waals surface area contributed by atoms with Gasteiger partial charge in [-0.3, -0.25) is 4.90 Å². The molecule has 1 fully saturated rings. The average molecular weight is 260 g/mol. The second-order valence-corrected chi connectivity index (χ2v) is 6.04. The van der Waals surface area contributed by atoms with Crippen LogP contribution in [0.3, 0.4) is 0 Å². The zero-order chi connectivity index (χ0) is 13.6. The van der Waals surface area contributed by atoms with Crippen LogP contribution < -0.4 is 5.73 Å². The maximum Gasteiger partial charge on any atom is 0.0332 e. The van der Waals surface area contributed by atoms with Crippen molar-refractivity contribution in [2.45, 2.75) is 57.0 Å². The van der Waals surface area contributed by atoms with E-state index in [-0.39, 0.29) is 5.54 Å². The van der Waals surface area contributed by atoms with Gasteiger partial charge in [-0.2, -0.15) is 0 Å². The molecule has 0 spiro atoms. The van der Waals surface area contributed by atoms with Crippen LogP contribution in [0.25, 0.3) is 0 Å². The molecule has 1 aromatic carbocycles. The zero-order valence-electron chi connectivity index (χ0n) is 12.3. The van der Waals surface area contributed by atoms with Crippen LogP contribution in [0.15, 0.2) is 30.3 Å². The molecule has 1 aliphatic carbocycles. The summed E-state index contributed by atoms with van der Waals surface area (Å²) in [5, 5.41) is 0. The van der Waals surface area contributed by atoms with Crippen molar-refractivity contribution in [2.75, 3.05) is 13.6 Å². The minimum Gasteiger partial charge on any atom is -0.329 e. The second kappa shape index (κ2) is 7.06. The molecule has 0 heterocycles. The Labute approximate surface area is 118 Å². The van der Waals surface area contributed by atoms with E-state index < -0.39 is 0 Å². The van der Waals surface area contributed by atoms with Crippen LogP contribution in [0.4, 0.5) is 0 Å². The molecule has 2 rings (SSSR count). The predicted molar refractivity (Wildman–Crippen MR) is 82.0 cm³/mol. The van der Waals surface area contributed by atoms with E-state index in [0.717, 1.165) is 13.1 Å². The lowest BCUT2D eigenvalue weighted by Crippen LogP contribution is -2.52. The van der Waals surface area contributed by atoms with Crippen molar-refractivity contribution < 1.29 is 0 Å². The highest BCUT2D eigenvalue weighted by molar-refractivity contribution is 5.15. The first-order chi connectivity index (χ1) is 9.27. The third-order valence-electron chi connectivity index (χ3n) is 4.74. The first kappa shape index (κ1) is 14.5. The average Bonchev–Trinajstić information content (AvgIpc) is 2.40. The largest absolute Gasteiger partial charge is 0.329 e. The van der Waals surface area contributed by atoms with Gasteiger partial charge in [-0.05, 0) is 25.5 Å². The molecule has 2 N–H and O–H groups in total. The number of hydrogen-bond donors (Lipinski definition) is 1. The van der Waals surface area contributed by atoms with E-state index >= 15 is 0 Å². The molecule has 1 saturated carbocycles. The third-order valence-corrected chi connectivity index (χ3v) is 4.74. The van der Waals surface area contributed by atoms with E-state index in [1.165, 1.54) is 50.5 Å². The highest BCUT2D eigenvalue weighted by Gasteiger charge is 2.32. The van der Waals surface area contributed by atoms with Gasteiger partial charge in [-0.25, -0.2) is 0 Å². The van der Waals surface area contributed by atoms with E-state index in [4.69, 9.17) is 5.73 Å². The summed E-state index contributed by atoms with van der Waals surface area (Å²) in [4.78, 5) is 2.51. The van der Waals surface area contributed by atoms with Gasteiger partial charge < -0.3 is 5.73 Å². The van der Waals surface area contributed by atoms with Crippen LogP contribution in [-0.2, 0) is 6.54 Å². The van der Waals surface area contributed by atoms with Crippen LogP contribution in [0, 0.1) is 0 Å². The quantitative estimate of drug-likeness (QED) is 0.897. The fraction of sp³-hybridized carbons (Fsp3) is 0.647. The molecule has 19 heavy (non-hydrogen) atoms. The second-order valence-electron chi connectivity index (χ2n) is 6.04. The van der Waals surface area contributed by atoms with Crippen molar-refractivity contribution in [3.63, 3.8) is 0 Å². The Bertz CT molecular complexity index is 353. The SMILES string of the molecule is CN(Cc1ccccc1)C1(CN)CCCCCCC1. The fourth-order valence-electron chi connectivity index (χ4n) is 3.33. The Morgan fingerprint density at radius 2 is 1.58 bits per heavy atom. The predicted octanol–water partition coefficient (Wildman–Crippen LogP) is 3.56. The van der Waals surface area contributed by atoms with Gasteiger partial charge in [0.2, 0.25) is 0 Å². The Balaban J connectivity index is 2.05. The van der Waals surface area contributed by atoms with Crippen molar-refractivity contribution in [1.82, 2.24) is 4.90 Å². The van der Waals surface area contributed by atoms with E-state index in [9.17, 15) is 0 Å². The first-order valence-electron chi connectivity index (χ1n) is 7.72. The van der Waals surface area contributed by atoms with Gasteiger partial charge in [0.25, 0.3) is 0 Å². The summed E-state index contributed by atoms with van der Waals surface area (Å²) in [5.74, 6) is 0. The molecule has 0 aliphatic heterocycles. The first-order valence-corrected chi connectivity index (χ1v) is 7.72. The summed E-state index contributed by atoms with van der Waals surface area (Å²) in [6, 6.07) is 10.7. The molecular formula is C17H28N2. The molecule has 0 unspecified atom stereocenters. The summed E-state index contributed by atoms with van der Waals surface area (Å²) in [5.41, 5.74) is 7.78. The maximum absolute atomic E-state index is 6.17. The van der Waals surface area contributed by atoms with Crippen molar-refractivity contribution in [1.29, 1.82) is 0 Å². The van der Waals surface area contributed by atoms with Crippen LogP contribution in [0.2, 0.25) is 0 Å². The molecule has 0 radical (unpaired) electrons. The molecule has 0 saturated heterocycles. The molecule has 0 aromatic heterocycles. The van der Waals surface area contributed by atoms with E-state index in [2.05, 4.69) is 42.3 Å². The standard InChI is InChI=1S/C17H28N2/c1-19(14-16-10-6-5-7-11-16)17(15-18)12-8-3-2-4-9-13-17/h5-7,10-11H,2-4,8-9,12-15,18H2,1H3. The number of nitrogens with zero attached hydrogens (tertiary/aromatic N) is 1. The highest BCUT2D eigenvalue weighted by atomic mass is 15.2. The smallest absolute Gasteiger partial charge is 0.0332 e. The van der Waals surface area contributed by atoms with Crippen molar-refractivity contribution in [3.05, 3.63) is 35.9 Å². The van der Waals surface area contributed by atoms with Crippen molar-refractivity contribution in [2.24, 2.45) is 5.73 Å². The van der Waals surface area contributed by atoms with Crippen LogP contribution in [0.5, 0.6) is 0 Å². The molecule has 106 valence electrons. The molecule has 2 heteroatoms. The van der Waals surface area contributed by atoms with E-state index in [1.54, 1.807) is 0 Å². The fourth-order valence-corrected chi connectivity index (χ4v) is 3.33. The Kier molecular flexibility index (Phi) is 5.41. The summed E-state index contributed by atoms with van der Waals surface area (Å²) in [6.45, 7) is 1.80. The number of hydrogen-bond acceptors (Lipinski definition) is 2. The van der Waals surface area contributed by atoms with Gasteiger partial charge in [0.1, 0.15) is 0 Å². The monoisotopic (exact) mass is 260 g/mol. The van der Waals surface area contributed by atoms with Gasteiger partial charge in [0.15, 0.2) is 0 Å². The third kappa shape index (κ3) is 3.80. The summed E-state index contributed by atoms with van der Waals surface area (Å²) < 4.78 is 0. The Morgan fingerprint density at radius 1 is 1.00 bits per heavy atom. The van der Waals surface area contributed by atoms with Crippen LogP contribution >= 0.6 is 0 Å². The Morgan fingerprint density at radius 3 is 2.16 bits per heavy atom. The summed E-state index contributed by atoms with van der Waals surface area (Å²) >= 11 is 0. The van der Waals surface area contributed by atoms with E-state index in [0.29, 0.717) is 0 Å². The van der Waals surface area contributed by atoms with E-state index in [1.807, 2.05) is 0 Å². The van der Waals surface area contributed by atoms with Gasteiger partial charge in [0, 0.05) is 18.6 Å². The molecule has 0 atom stereocenters. The lowest BCUT2D eigenvalue weighted by molar-refractivity contribution is 0.0865. The van der Waals surface area contributed by atoms with Crippen LogP contribution in [0.1, 0.15) is 50.5 Å². The molecular weight excluding hydrogens is 232 g/mol. The molecule has 1 aliphatic rings. The van der Waals surface area contributed by atoms with Crippen molar-refractivity contribution >= 4 is 0 Å². The Hall–Kier alpha value is -0.860. The lowest BCUT2D eigenvalue weighted by atomic mass is 9.82. The maximum atomic E-state index is 6.17. The number of benzene rings is 1. The minimum absolute atomic E-state index is 0.219. The number of nitrogens with two attached hydrogens (primary N) is 1. The number of rotatable bonds is 4. The van der Waals surface area contributed by atoms with Gasteiger partial charge in [-0.15, -0.1) is 0 Å². The zero-order valence-corrected chi connectivity index (χ0v) is 12.3. The highest BCUT2D eigenvalue weighted by Crippen LogP contribution is 2.31. The number of likely N-dealkylation sites (N-methyl/N-ethyl adjacent to an activating group) is 1. The van der Waals surface area contributed by atoms with Crippen LogP contribution in [-0.4, -0.2) is 24.0 Å². The minimum atomic E-state index is 0.219. The van der Waals surface area contributed by atoms with Gasteiger partial charge in [-0.1, -0.05) is 62.4 Å². The molecule has 0 amide bonds. The summed E-state index contributed by atoms with van der Waals surface area (Å²) in [6.07, 6.45) is 9.33. The molecule has 0 bridgehead atoms. The lowest BCUT2D eigenvalue weighted by Gasteiger charge is -2.43. The van der Waals surface area contributed by atoms with Gasteiger partial charge >= 0.3 is 0 Å². The topological polar surface area (TPSA) is 29.3 Å². The molecule has 1 aromatic rings. The van der Waals surface area contributed by atoms with Crippen molar-refractivity contribution in [3.8, 4) is 0 Å². The summed E-state index contributed by atoms with van der Waals surface area (Å²) in [7, 11) is 2.25.